The Morgan fingerprint density at radius 2 is 0.736 bits per heavy atom. The summed E-state index contributed by atoms with van der Waals surface area (Å²) in [6, 6.07) is 0. The average molecular weight is 1270 g/mol. The summed E-state index contributed by atoms with van der Waals surface area (Å²) < 4.78 is 62.5. The van der Waals surface area contributed by atoms with E-state index < -0.39 is 36.9 Å². The van der Waals surface area contributed by atoms with Gasteiger partial charge in [-0.05, 0) is 129 Å². The number of hydrogen-bond acceptors (Lipinski definition) is 12. The standard InChI is InChI=1S/C76H127N6O9/c1-16-19-37-59(4)40-31-25-22-28-34-43-80(10,11)67-49-77-46-64-52-83-58-89-73(70(64)67)86-55-76(9,56-87-74-71-65(53-84-62(7)90-74)47-78-50-68(71)81(12,13)44-35-29-23-26-32-41-60(5)38-20-17-2)57-88-75-72-66(54-85-63(8)91-75)48-79-51-69(72)82(14,15)45-36-30-24-27-33-42-61(6)39-21-18-3/h46-51,62-63,73-75H,4-6,16-45,52-58H2,1-3,7-15H3/q+3. The molecule has 5 unspecified atom stereocenters. The van der Waals surface area contributed by atoms with Crippen molar-refractivity contribution in [3.63, 3.8) is 0 Å². The number of allylic oxidation sites excluding steroid dienone is 3. The summed E-state index contributed by atoms with van der Waals surface area (Å²) in [5, 5.41) is 0. The molecular formula is C76H127N6O9+3. The summed E-state index contributed by atoms with van der Waals surface area (Å²) in [5.41, 5.74) is 12.3. The van der Waals surface area contributed by atoms with Gasteiger partial charge in [0.2, 0.25) is 0 Å². The third-order valence-electron chi connectivity index (χ3n) is 19.1. The first-order valence-corrected chi connectivity index (χ1v) is 35.7. The van der Waals surface area contributed by atoms with Crippen molar-refractivity contribution in [2.24, 2.45) is 5.41 Å². The molecule has 0 fully saturated rings. The molecule has 6 rings (SSSR count). The zero-order chi connectivity index (χ0) is 65.7. The molecule has 91 heavy (non-hydrogen) atoms. The number of hydrogen-bond donors (Lipinski definition) is 0. The predicted molar refractivity (Wildman–Crippen MR) is 373 cm³/mol. The molecule has 0 aromatic carbocycles. The highest BCUT2D eigenvalue weighted by Gasteiger charge is 2.41. The molecule has 0 N–H and O–H groups in total. The number of fused-ring (bicyclic) bond motifs is 3. The molecule has 5 atom stereocenters. The molecule has 0 aliphatic carbocycles. The molecule has 3 aliphatic heterocycles. The molecule has 0 saturated heterocycles. The Labute approximate surface area is 552 Å². The van der Waals surface area contributed by atoms with Crippen LogP contribution in [-0.4, -0.2) is 116 Å². The van der Waals surface area contributed by atoms with Crippen molar-refractivity contribution in [1.82, 2.24) is 28.4 Å². The highest BCUT2D eigenvalue weighted by molar-refractivity contribution is 5.54. The van der Waals surface area contributed by atoms with E-state index in [4.69, 9.17) is 57.6 Å². The molecule has 3 aromatic heterocycles. The maximum absolute atomic E-state index is 7.26. The Morgan fingerprint density at radius 1 is 0.429 bits per heavy atom. The summed E-state index contributed by atoms with van der Waals surface area (Å²) in [6.45, 7) is 30.3. The van der Waals surface area contributed by atoms with E-state index in [0.29, 0.717) is 33.3 Å². The fourth-order valence-corrected chi connectivity index (χ4v) is 13.0. The lowest BCUT2D eigenvalue weighted by Crippen LogP contribution is -2.43. The highest BCUT2D eigenvalue weighted by atomic mass is 16.8. The summed E-state index contributed by atoms with van der Waals surface area (Å²) in [6.07, 6.45) is 40.2. The SMILES string of the molecule is C=C(CCCC)CCCCCCC[N+](C)(C)c1cncc2c1C(OCC(C)(COC1OC(C)OCc3cncc([N+](C)(C)CCCCCCCC(=C)CCCC)c31)COC1OC(C)OCc3cncc([N+](C)(C)CCCCCCCC(=C)CCCC)c31)OCOC2. The predicted octanol–water partition coefficient (Wildman–Crippen LogP) is 18.6. The van der Waals surface area contributed by atoms with Gasteiger partial charge in [-0.15, -0.1) is 0 Å². The van der Waals surface area contributed by atoms with Gasteiger partial charge >= 0.3 is 0 Å². The third-order valence-corrected chi connectivity index (χ3v) is 19.1. The van der Waals surface area contributed by atoms with Crippen LogP contribution in [0.4, 0.5) is 17.1 Å². The van der Waals surface area contributed by atoms with Gasteiger partial charge in [-0.2, -0.15) is 0 Å². The Morgan fingerprint density at radius 3 is 1.10 bits per heavy atom. The van der Waals surface area contributed by atoms with E-state index in [1.54, 1.807) is 0 Å². The monoisotopic (exact) mass is 1270 g/mol. The van der Waals surface area contributed by atoms with Crippen molar-refractivity contribution in [3.8, 4) is 0 Å². The van der Waals surface area contributed by atoms with E-state index in [1.165, 1.54) is 119 Å². The van der Waals surface area contributed by atoms with Crippen molar-refractivity contribution in [1.29, 1.82) is 0 Å². The third kappa shape index (κ3) is 25.0. The topological polar surface area (TPSA) is 122 Å². The van der Waals surface area contributed by atoms with E-state index in [1.807, 2.05) is 51.0 Å². The van der Waals surface area contributed by atoms with Gasteiger partial charge < -0.3 is 42.6 Å². The number of quaternary nitrogens is 3. The second kappa shape index (κ2) is 39.3. The highest BCUT2D eigenvalue weighted by Crippen LogP contribution is 2.43. The van der Waals surface area contributed by atoms with Crippen molar-refractivity contribution in [2.75, 3.05) is 88.5 Å². The molecule has 15 heteroatoms. The molecule has 0 amide bonds. The minimum absolute atomic E-state index is 0.0657. The summed E-state index contributed by atoms with van der Waals surface area (Å²) in [7, 11) is 13.6. The van der Waals surface area contributed by atoms with Crippen LogP contribution in [0.2, 0.25) is 0 Å². The van der Waals surface area contributed by atoms with Gasteiger partial charge in [-0.1, -0.05) is 122 Å². The van der Waals surface area contributed by atoms with Gasteiger partial charge in [0.15, 0.2) is 55.3 Å². The number of aromatic nitrogens is 3. The van der Waals surface area contributed by atoms with Gasteiger partial charge in [-0.3, -0.25) is 28.4 Å². The number of pyridine rings is 3. The van der Waals surface area contributed by atoms with E-state index in [-0.39, 0.29) is 26.6 Å². The Balaban J connectivity index is 1.25. The molecule has 512 valence electrons. The smallest absolute Gasteiger partial charge is 0.193 e. The maximum atomic E-state index is 7.26. The minimum atomic E-state index is -0.823. The lowest BCUT2D eigenvalue weighted by Gasteiger charge is -2.37. The van der Waals surface area contributed by atoms with E-state index in [0.717, 1.165) is 141 Å². The molecule has 15 nitrogen and oxygen atoms in total. The number of unbranched alkanes of at least 4 members (excludes halogenated alkanes) is 15. The molecule has 0 bridgehead atoms. The Bertz CT molecular complexity index is 2520. The van der Waals surface area contributed by atoms with Crippen LogP contribution in [0.25, 0.3) is 0 Å². The summed E-state index contributed by atoms with van der Waals surface area (Å²) in [5.74, 6) is 0. The van der Waals surface area contributed by atoms with Crippen molar-refractivity contribution in [3.05, 3.63) is 107 Å². The Kier molecular flexibility index (Phi) is 32.9. The van der Waals surface area contributed by atoms with Crippen LogP contribution < -0.4 is 13.4 Å². The van der Waals surface area contributed by atoms with Gasteiger partial charge in [0.05, 0.1) is 137 Å². The lowest BCUT2D eigenvalue weighted by molar-refractivity contribution is -0.270. The van der Waals surface area contributed by atoms with Crippen LogP contribution in [0, 0.1) is 5.41 Å². The van der Waals surface area contributed by atoms with Gasteiger partial charge in [-0.25, -0.2) is 0 Å². The maximum Gasteiger partial charge on any atom is 0.193 e. The fraction of sp³-hybridized carbons (Fsp3) is 0.724. The van der Waals surface area contributed by atoms with E-state index in [9.17, 15) is 0 Å². The molecule has 0 saturated carbocycles. The number of nitrogens with zero attached hydrogens (tertiary/aromatic N) is 6. The normalized spacial score (nSPS) is 19.6. The Hall–Kier alpha value is -3.81. The van der Waals surface area contributed by atoms with Crippen molar-refractivity contribution >= 4 is 17.1 Å². The minimum Gasteiger partial charge on any atom is -0.351 e. The second-order valence-electron chi connectivity index (χ2n) is 28.9. The largest absolute Gasteiger partial charge is 0.351 e. The van der Waals surface area contributed by atoms with Crippen LogP contribution in [-0.2, 0) is 62.5 Å². The van der Waals surface area contributed by atoms with Crippen LogP contribution in [0.5, 0.6) is 0 Å². The van der Waals surface area contributed by atoms with Crippen LogP contribution in [0.1, 0.15) is 267 Å². The molecular weight excluding hydrogens is 1140 g/mol. The first-order chi connectivity index (χ1) is 43.7. The molecule has 3 aliphatic rings. The van der Waals surface area contributed by atoms with Crippen LogP contribution in [0.3, 0.4) is 0 Å². The van der Waals surface area contributed by atoms with Crippen LogP contribution >= 0.6 is 0 Å². The van der Waals surface area contributed by atoms with E-state index >= 15 is 0 Å². The van der Waals surface area contributed by atoms with E-state index in [2.05, 4.69) is 89.7 Å². The zero-order valence-electron chi connectivity index (χ0n) is 59.5. The second-order valence-corrected chi connectivity index (χ2v) is 28.9. The lowest BCUT2D eigenvalue weighted by atomic mass is 9.93. The summed E-state index contributed by atoms with van der Waals surface area (Å²) in [4.78, 5) is 14.4. The van der Waals surface area contributed by atoms with Crippen molar-refractivity contribution in [2.45, 2.75) is 266 Å². The molecule has 0 spiro atoms. The first-order valence-electron chi connectivity index (χ1n) is 35.7. The molecule has 6 heterocycles. The van der Waals surface area contributed by atoms with Crippen LogP contribution in [0.15, 0.2) is 73.6 Å². The number of rotatable bonds is 45. The molecule has 3 aromatic rings. The fourth-order valence-electron chi connectivity index (χ4n) is 13.0. The first kappa shape index (κ1) is 76.2. The van der Waals surface area contributed by atoms with Gasteiger partial charge in [0, 0.05) is 40.7 Å². The number of ether oxygens (including phenoxy) is 9. The van der Waals surface area contributed by atoms with Crippen molar-refractivity contribution < 1.29 is 42.6 Å². The zero-order valence-corrected chi connectivity index (χ0v) is 59.5. The van der Waals surface area contributed by atoms with Gasteiger partial charge in [0.25, 0.3) is 0 Å². The quantitative estimate of drug-likeness (QED) is 0.0304. The molecule has 0 radical (unpaired) electrons. The summed E-state index contributed by atoms with van der Waals surface area (Å²) >= 11 is 0. The average Bonchev–Trinajstić information content (AvgIpc) is 1.80. The van der Waals surface area contributed by atoms with Gasteiger partial charge in [0.1, 0.15) is 0 Å².